The van der Waals surface area contributed by atoms with Crippen molar-refractivity contribution in [3.8, 4) is 0 Å². The maximum Gasteiger partial charge on any atom is 0.210 e. The minimum atomic E-state index is -0.485. The third-order valence-corrected chi connectivity index (χ3v) is 2.64. The van der Waals surface area contributed by atoms with Gasteiger partial charge in [0.05, 0.1) is 6.21 Å². The Hall–Kier alpha value is -1.84. The molecule has 1 N–H and O–H groups in total. The number of amides is 1. The summed E-state index contributed by atoms with van der Waals surface area (Å²) in [5, 5.41) is 2.54. The summed E-state index contributed by atoms with van der Waals surface area (Å²) in [4.78, 5) is 14.5. The van der Waals surface area contributed by atoms with Gasteiger partial charge in [-0.2, -0.15) is 0 Å². The molecule has 0 aromatic heterocycles. The molecule has 1 aliphatic heterocycles. The monoisotopic (exact) mass is 218 g/mol. The number of nitrogens with zero attached hydrogens (tertiary/aromatic N) is 1. The van der Waals surface area contributed by atoms with Crippen LogP contribution in [0.1, 0.15) is 13.3 Å². The first-order chi connectivity index (χ1) is 7.85. The van der Waals surface area contributed by atoms with Crippen molar-refractivity contribution in [2.24, 2.45) is 10.9 Å². The molecular weight excluding hydrogens is 204 g/mol. The number of hydrogen-bond acceptors (Lipinski definition) is 3. The van der Waals surface area contributed by atoms with Crippen LogP contribution in [0, 0.1) is 5.92 Å². The largest absolute Gasteiger partial charge is 0.465 e. The predicted octanol–water partition coefficient (Wildman–Crippen LogP) is 1.52. The van der Waals surface area contributed by atoms with Crippen molar-refractivity contribution >= 4 is 12.6 Å². The van der Waals surface area contributed by atoms with Crippen molar-refractivity contribution in [1.29, 1.82) is 0 Å². The van der Waals surface area contributed by atoms with Gasteiger partial charge in [0.2, 0.25) is 12.6 Å². The molecule has 0 spiro atoms. The number of fused-ring (bicyclic) bond motifs is 1. The number of carbonyl (C=O) groups is 1. The molecule has 2 atom stereocenters. The highest BCUT2D eigenvalue weighted by molar-refractivity contribution is 5.68. The van der Waals surface area contributed by atoms with Crippen molar-refractivity contribution in [1.82, 2.24) is 5.32 Å². The van der Waals surface area contributed by atoms with E-state index in [9.17, 15) is 4.79 Å². The number of rotatable bonds is 3. The SMILES string of the molecule is CCC1C=CC=C2OC(NC=O)C=NC=C21. The quantitative estimate of drug-likeness (QED) is 0.730. The first-order valence-corrected chi connectivity index (χ1v) is 5.33. The Morgan fingerprint density at radius 1 is 1.62 bits per heavy atom. The second-order valence-electron chi connectivity index (χ2n) is 3.64. The van der Waals surface area contributed by atoms with E-state index in [0.717, 1.165) is 17.8 Å². The minimum Gasteiger partial charge on any atom is -0.465 e. The molecule has 0 saturated heterocycles. The lowest BCUT2D eigenvalue weighted by molar-refractivity contribution is -0.111. The molecule has 16 heavy (non-hydrogen) atoms. The molecule has 1 amide bonds. The van der Waals surface area contributed by atoms with E-state index in [2.05, 4.69) is 23.3 Å². The summed E-state index contributed by atoms with van der Waals surface area (Å²) >= 11 is 0. The van der Waals surface area contributed by atoms with Crippen molar-refractivity contribution in [3.63, 3.8) is 0 Å². The molecule has 1 heterocycles. The molecule has 2 rings (SSSR count). The van der Waals surface area contributed by atoms with E-state index in [-0.39, 0.29) is 0 Å². The van der Waals surface area contributed by atoms with Crippen LogP contribution < -0.4 is 5.32 Å². The second-order valence-corrected chi connectivity index (χ2v) is 3.64. The molecule has 0 radical (unpaired) electrons. The molecule has 4 heteroatoms. The van der Waals surface area contributed by atoms with Crippen molar-refractivity contribution in [2.75, 3.05) is 0 Å². The summed E-state index contributed by atoms with van der Waals surface area (Å²) in [5.41, 5.74) is 1.07. The highest BCUT2D eigenvalue weighted by Gasteiger charge is 2.21. The Balaban J connectivity index is 2.21. The summed E-state index contributed by atoms with van der Waals surface area (Å²) in [5.74, 6) is 1.12. The maximum absolute atomic E-state index is 10.4. The second kappa shape index (κ2) is 4.79. The molecule has 1 aliphatic carbocycles. The summed E-state index contributed by atoms with van der Waals surface area (Å²) in [7, 11) is 0. The zero-order chi connectivity index (χ0) is 11.4. The van der Waals surface area contributed by atoms with Gasteiger partial charge in [-0.1, -0.05) is 19.1 Å². The fraction of sp³-hybridized carbons (Fsp3) is 0.333. The Kier molecular flexibility index (Phi) is 3.19. The van der Waals surface area contributed by atoms with Gasteiger partial charge in [0.25, 0.3) is 0 Å². The van der Waals surface area contributed by atoms with Crippen molar-refractivity contribution in [3.05, 3.63) is 35.8 Å². The Morgan fingerprint density at radius 2 is 2.50 bits per heavy atom. The van der Waals surface area contributed by atoms with E-state index in [4.69, 9.17) is 4.74 Å². The van der Waals surface area contributed by atoms with Crippen LogP contribution in [0.15, 0.2) is 40.8 Å². The van der Waals surface area contributed by atoms with E-state index >= 15 is 0 Å². The average molecular weight is 218 g/mol. The first kappa shape index (κ1) is 10.7. The van der Waals surface area contributed by atoms with Gasteiger partial charge in [0.1, 0.15) is 5.76 Å². The summed E-state index contributed by atoms with van der Waals surface area (Å²) in [6, 6.07) is 0. The van der Waals surface area contributed by atoms with Crippen LogP contribution in [0.3, 0.4) is 0 Å². The molecule has 0 aromatic rings. The van der Waals surface area contributed by atoms with Crippen LogP contribution in [-0.4, -0.2) is 18.9 Å². The van der Waals surface area contributed by atoms with Gasteiger partial charge >= 0.3 is 0 Å². The van der Waals surface area contributed by atoms with Crippen LogP contribution in [0.5, 0.6) is 0 Å². The molecule has 2 aliphatic rings. The molecule has 0 saturated carbocycles. The van der Waals surface area contributed by atoms with E-state index in [1.54, 1.807) is 12.4 Å². The van der Waals surface area contributed by atoms with E-state index in [0.29, 0.717) is 12.3 Å². The van der Waals surface area contributed by atoms with Gasteiger partial charge in [-0.05, 0) is 12.5 Å². The Labute approximate surface area is 94.4 Å². The van der Waals surface area contributed by atoms with Crippen LogP contribution >= 0.6 is 0 Å². The third kappa shape index (κ3) is 2.05. The molecule has 0 bridgehead atoms. The smallest absolute Gasteiger partial charge is 0.210 e. The van der Waals surface area contributed by atoms with Crippen LogP contribution in [-0.2, 0) is 9.53 Å². The number of allylic oxidation sites excluding steroid dienone is 4. The maximum atomic E-state index is 10.4. The topological polar surface area (TPSA) is 50.7 Å². The number of aliphatic imine (C=N–C) groups is 1. The summed E-state index contributed by atoms with van der Waals surface area (Å²) < 4.78 is 5.64. The standard InChI is InChI=1S/C12H14N2O2/c1-2-9-4-3-5-11-10(9)6-13-7-12(16-11)14-8-15/h3-9,12H,2H2,1H3,(H,14,15). The predicted molar refractivity (Wildman–Crippen MR) is 61.7 cm³/mol. The molecule has 84 valence electrons. The number of ether oxygens (including phenoxy) is 1. The zero-order valence-corrected chi connectivity index (χ0v) is 9.09. The van der Waals surface area contributed by atoms with Gasteiger partial charge in [-0.25, -0.2) is 0 Å². The lowest BCUT2D eigenvalue weighted by Crippen LogP contribution is -2.31. The summed E-state index contributed by atoms with van der Waals surface area (Å²) in [6.45, 7) is 2.12. The lowest BCUT2D eigenvalue weighted by atomic mass is 9.91. The molecule has 2 unspecified atom stereocenters. The zero-order valence-electron chi connectivity index (χ0n) is 9.09. The molecular formula is C12H14N2O2. The number of carbonyl (C=O) groups excluding carboxylic acids is 1. The molecule has 0 aromatic carbocycles. The first-order valence-electron chi connectivity index (χ1n) is 5.33. The fourth-order valence-corrected chi connectivity index (χ4v) is 1.80. The Bertz CT molecular complexity index is 394. The van der Waals surface area contributed by atoms with Gasteiger partial charge in [0.15, 0.2) is 0 Å². The third-order valence-electron chi connectivity index (χ3n) is 2.64. The highest BCUT2D eigenvalue weighted by Crippen LogP contribution is 2.30. The van der Waals surface area contributed by atoms with Gasteiger partial charge in [0, 0.05) is 17.7 Å². The lowest BCUT2D eigenvalue weighted by Gasteiger charge is -2.22. The highest BCUT2D eigenvalue weighted by atomic mass is 16.5. The van der Waals surface area contributed by atoms with E-state index < -0.39 is 6.23 Å². The van der Waals surface area contributed by atoms with E-state index in [1.165, 1.54) is 0 Å². The van der Waals surface area contributed by atoms with Crippen molar-refractivity contribution in [2.45, 2.75) is 19.6 Å². The number of nitrogens with one attached hydrogen (secondary N) is 1. The van der Waals surface area contributed by atoms with Crippen LogP contribution in [0.4, 0.5) is 0 Å². The molecule has 0 fully saturated rings. The summed E-state index contributed by atoms with van der Waals surface area (Å²) in [6.07, 6.45) is 10.5. The number of hydrogen-bond donors (Lipinski definition) is 1. The van der Waals surface area contributed by atoms with Gasteiger partial charge in [-0.3, -0.25) is 9.79 Å². The molecule has 4 nitrogen and oxygen atoms in total. The van der Waals surface area contributed by atoms with Crippen LogP contribution in [0.2, 0.25) is 0 Å². The van der Waals surface area contributed by atoms with Crippen molar-refractivity contribution < 1.29 is 9.53 Å². The van der Waals surface area contributed by atoms with E-state index in [1.807, 2.05) is 12.2 Å². The average Bonchev–Trinajstić information content (AvgIpc) is 2.50. The Morgan fingerprint density at radius 3 is 3.25 bits per heavy atom. The van der Waals surface area contributed by atoms with Crippen LogP contribution in [0.25, 0.3) is 0 Å². The van der Waals surface area contributed by atoms with Gasteiger partial charge < -0.3 is 10.1 Å². The van der Waals surface area contributed by atoms with Gasteiger partial charge in [-0.15, -0.1) is 0 Å². The normalized spacial score (nSPS) is 27.1. The minimum absolute atomic E-state index is 0.340. The fourth-order valence-electron chi connectivity index (χ4n) is 1.80.